The Kier molecular flexibility index (Phi) is 3.97. The molecule has 130 valence electrons. The van der Waals surface area contributed by atoms with Crippen molar-refractivity contribution in [1.82, 2.24) is 0 Å². The highest BCUT2D eigenvalue weighted by Gasteiger charge is 2.36. The molecule has 0 atom stereocenters. The molecule has 0 amide bonds. The summed E-state index contributed by atoms with van der Waals surface area (Å²) in [6.07, 6.45) is 3.56. The summed E-state index contributed by atoms with van der Waals surface area (Å²) in [6, 6.07) is 16.2. The van der Waals surface area contributed by atoms with Crippen molar-refractivity contribution in [1.29, 1.82) is 0 Å². The molecule has 0 spiro atoms. The number of pyridine rings is 1. The van der Waals surface area contributed by atoms with E-state index in [1.807, 2.05) is 12.1 Å². The fraction of sp³-hybridized carbons (Fsp3) is 0.304. The number of rotatable bonds is 2. The maximum atomic E-state index is 7.43. The molecule has 3 heteroatoms. The van der Waals surface area contributed by atoms with Crippen LogP contribution in [-0.4, -0.2) is 8.07 Å². The fourth-order valence-corrected chi connectivity index (χ4v) is 7.21. The van der Waals surface area contributed by atoms with Gasteiger partial charge in [0.1, 0.15) is 7.05 Å². The predicted octanol–water partition coefficient (Wildman–Crippen LogP) is 5.19. The van der Waals surface area contributed by atoms with Crippen molar-refractivity contribution in [3.05, 3.63) is 65.1 Å². The average Bonchev–Trinajstić information content (AvgIpc) is 2.62. The van der Waals surface area contributed by atoms with E-state index in [9.17, 15) is 0 Å². The van der Waals surface area contributed by atoms with Crippen LogP contribution in [-0.2, 0) is 7.05 Å². The highest BCUT2D eigenvalue weighted by atomic mass is 28.3. The Hall–Kier alpha value is -2.44. The van der Waals surface area contributed by atoms with E-state index >= 15 is 0 Å². The normalized spacial score (nSPS) is 15.5. The van der Waals surface area contributed by atoms with E-state index < -0.39 is 8.07 Å². The van der Waals surface area contributed by atoms with E-state index in [-0.39, 0.29) is 0 Å². The highest BCUT2D eigenvalue weighted by molar-refractivity contribution is 6.93. The standard InChI is InChI=1S/C23H25N2Si/c1-16-13-19(24-3)15-22(17(16)2)23-21-8-7-20(26(5)11-6-12-26)14-18(21)9-10-25(23)4/h7-10,13-15H,6,11-12H2,1-2,4-5H3/q+1. The van der Waals surface area contributed by atoms with Crippen molar-refractivity contribution >= 4 is 29.7 Å². The van der Waals surface area contributed by atoms with Crippen LogP contribution >= 0.6 is 0 Å². The molecule has 1 fully saturated rings. The van der Waals surface area contributed by atoms with Crippen molar-refractivity contribution < 1.29 is 4.57 Å². The van der Waals surface area contributed by atoms with Crippen LogP contribution < -0.4 is 9.75 Å². The second-order valence-electron chi connectivity index (χ2n) is 8.04. The van der Waals surface area contributed by atoms with Crippen LogP contribution in [0.4, 0.5) is 5.69 Å². The molecule has 4 rings (SSSR count). The summed E-state index contributed by atoms with van der Waals surface area (Å²) in [5.74, 6) is 0. The van der Waals surface area contributed by atoms with Gasteiger partial charge in [0.15, 0.2) is 11.9 Å². The number of fused-ring (bicyclic) bond motifs is 1. The summed E-state index contributed by atoms with van der Waals surface area (Å²) in [4.78, 5) is 3.68. The van der Waals surface area contributed by atoms with Gasteiger partial charge in [-0.1, -0.05) is 54.0 Å². The van der Waals surface area contributed by atoms with Gasteiger partial charge >= 0.3 is 0 Å². The van der Waals surface area contributed by atoms with Gasteiger partial charge in [-0.2, -0.15) is 0 Å². The van der Waals surface area contributed by atoms with E-state index in [2.05, 4.69) is 67.3 Å². The maximum absolute atomic E-state index is 7.43. The first-order valence-electron chi connectivity index (χ1n) is 9.35. The van der Waals surface area contributed by atoms with Crippen LogP contribution in [0.3, 0.4) is 0 Å². The summed E-state index contributed by atoms with van der Waals surface area (Å²) in [5, 5.41) is 4.20. The maximum Gasteiger partial charge on any atom is 0.219 e. The van der Waals surface area contributed by atoms with Crippen LogP contribution in [0.15, 0.2) is 42.6 Å². The third-order valence-corrected chi connectivity index (χ3v) is 10.9. The van der Waals surface area contributed by atoms with Crippen molar-refractivity contribution in [3.8, 4) is 11.3 Å². The van der Waals surface area contributed by atoms with Gasteiger partial charge in [0.05, 0.1) is 20.0 Å². The smallest absolute Gasteiger partial charge is 0.219 e. The molecule has 0 radical (unpaired) electrons. The SMILES string of the molecule is [C-]#[N+]c1cc(C)c(C)c(-c2c3ccc([Si]4(C)CCC4)cc3cc[n+]2C)c1. The Labute approximate surface area is 156 Å². The van der Waals surface area contributed by atoms with Gasteiger partial charge in [-0.05, 0) is 36.9 Å². The molecule has 2 aromatic carbocycles. The monoisotopic (exact) mass is 357 g/mol. The van der Waals surface area contributed by atoms with Crippen LogP contribution in [0.5, 0.6) is 0 Å². The van der Waals surface area contributed by atoms with Crippen molar-refractivity contribution in [2.24, 2.45) is 7.05 Å². The molecule has 1 aliphatic rings. The molecular weight excluding hydrogens is 332 g/mol. The first-order valence-corrected chi connectivity index (χ1v) is 12.3. The first-order chi connectivity index (χ1) is 12.4. The van der Waals surface area contributed by atoms with E-state index in [4.69, 9.17) is 6.57 Å². The second kappa shape index (κ2) is 6.07. The molecular formula is C23H25N2Si+. The third kappa shape index (κ3) is 2.57. The number of aryl methyl sites for hydroxylation is 2. The quantitative estimate of drug-likeness (QED) is 0.339. The Morgan fingerprint density at radius 1 is 1.08 bits per heavy atom. The van der Waals surface area contributed by atoms with E-state index in [0.717, 1.165) is 0 Å². The number of nitrogens with zero attached hydrogens (tertiary/aromatic N) is 2. The molecule has 3 aromatic rings. The van der Waals surface area contributed by atoms with Crippen LogP contribution in [0.25, 0.3) is 26.9 Å². The minimum atomic E-state index is -1.18. The van der Waals surface area contributed by atoms with Gasteiger partial charge in [-0.3, -0.25) is 0 Å². The number of aromatic nitrogens is 1. The Balaban J connectivity index is 1.97. The Bertz CT molecular complexity index is 1070. The van der Waals surface area contributed by atoms with E-state index in [1.165, 1.54) is 51.7 Å². The molecule has 2 heterocycles. The lowest BCUT2D eigenvalue weighted by molar-refractivity contribution is -0.659. The van der Waals surface area contributed by atoms with E-state index in [0.29, 0.717) is 5.69 Å². The highest BCUT2D eigenvalue weighted by Crippen LogP contribution is 2.35. The summed E-state index contributed by atoms with van der Waals surface area (Å²) in [6.45, 7) is 14.2. The molecule has 26 heavy (non-hydrogen) atoms. The van der Waals surface area contributed by atoms with Crippen molar-refractivity contribution in [2.75, 3.05) is 0 Å². The van der Waals surface area contributed by atoms with Gasteiger partial charge in [0.25, 0.3) is 0 Å². The molecule has 0 N–H and O–H groups in total. The topological polar surface area (TPSA) is 8.24 Å². The van der Waals surface area contributed by atoms with Crippen LogP contribution in [0.1, 0.15) is 17.5 Å². The van der Waals surface area contributed by atoms with Gasteiger partial charge in [0, 0.05) is 11.6 Å². The summed E-state index contributed by atoms with van der Waals surface area (Å²) >= 11 is 0. The molecule has 0 saturated carbocycles. The summed E-state index contributed by atoms with van der Waals surface area (Å²) in [5.41, 5.74) is 5.53. The van der Waals surface area contributed by atoms with Gasteiger partial charge in [-0.15, -0.1) is 0 Å². The lowest BCUT2D eigenvalue weighted by atomic mass is 9.96. The van der Waals surface area contributed by atoms with Crippen molar-refractivity contribution in [2.45, 2.75) is 38.9 Å². The molecule has 0 bridgehead atoms. The largest absolute Gasteiger partial charge is 0.238 e. The zero-order valence-electron chi connectivity index (χ0n) is 16.1. The Morgan fingerprint density at radius 2 is 1.85 bits per heavy atom. The number of benzene rings is 2. The van der Waals surface area contributed by atoms with Crippen LogP contribution in [0.2, 0.25) is 18.6 Å². The first kappa shape index (κ1) is 17.0. The minimum absolute atomic E-state index is 0.714. The minimum Gasteiger partial charge on any atom is -0.238 e. The molecule has 1 saturated heterocycles. The molecule has 2 nitrogen and oxygen atoms in total. The molecule has 1 aromatic heterocycles. The summed E-state index contributed by atoms with van der Waals surface area (Å²) < 4.78 is 2.19. The fourth-order valence-electron chi connectivity index (χ4n) is 4.23. The lowest BCUT2D eigenvalue weighted by Crippen LogP contribution is -2.50. The summed E-state index contributed by atoms with van der Waals surface area (Å²) in [7, 11) is 0.920. The van der Waals surface area contributed by atoms with Gasteiger partial charge in [0.2, 0.25) is 5.69 Å². The Morgan fingerprint density at radius 3 is 2.50 bits per heavy atom. The van der Waals surface area contributed by atoms with Crippen LogP contribution in [0, 0.1) is 20.4 Å². The van der Waals surface area contributed by atoms with Gasteiger partial charge < -0.3 is 0 Å². The zero-order valence-corrected chi connectivity index (χ0v) is 17.1. The van der Waals surface area contributed by atoms with E-state index in [1.54, 1.807) is 5.19 Å². The molecule has 0 unspecified atom stereocenters. The van der Waals surface area contributed by atoms with Crippen molar-refractivity contribution in [3.63, 3.8) is 0 Å². The second-order valence-corrected chi connectivity index (χ2v) is 12.7. The average molecular weight is 358 g/mol. The number of hydrogen-bond acceptors (Lipinski definition) is 0. The molecule has 0 aliphatic carbocycles. The lowest BCUT2D eigenvalue weighted by Gasteiger charge is -2.36. The number of hydrogen-bond donors (Lipinski definition) is 0. The molecule has 1 aliphatic heterocycles. The zero-order chi connectivity index (χ0) is 18.5. The predicted molar refractivity (Wildman–Crippen MR) is 112 cm³/mol. The van der Waals surface area contributed by atoms with Gasteiger partial charge in [-0.25, -0.2) is 9.41 Å². The third-order valence-electron chi connectivity index (χ3n) is 6.33.